The maximum atomic E-state index is 12.6. The van der Waals surface area contributed by atoms with Crippen LogP contribution in [-0.2, 0) is 4.79 Å². The summed E-state index contributed by atoms with van der Waals surface area (Å²) in [5.74, 6) is -0.418. The lowest BCUT2D eigenvalue weighted by molar-refractivity contribution is -0.117. The molecule has 0 bridgehead atoms. The van der Waals surface area contributed by atoms with E-state index in [1.807, 2.05) is 68.4 Å². The van der Waals surface area contributed by atoms with Gasteiger partial charge >= 0.3 is 0 Å². The quantitative estimate of drug-likeness (QED) is 0.440. The fourth-order valence-electron chi connectivity index (χ4n) is 2.77. The summed E-state index contributed by atoms with van der Waals surface area (Å²) in [5.41, 5.74) is 4.50. The third kappa shape index (κ3) is 4.56. The molecule has 2 aromatic carbocycles. The predicted molar refractivity (Wildman–Crippen MR) is 113 cm³/mol. The molecule has 0 spiro atoms. The average molecular weight is 435 g/mol. The molecule has 2 N–H and O–H groups in total. The highest BCUT2D eigenvalue weighted by Crippen LogP contribution is 2.25. The molecule has 0 fully saturated rings. The first kappa shape index (κ1) is 19.6. The number of nitrogens with zero attached hydrogens (tertiary/aromatic N) is 2. The van der Waals surface area contributed by atoms with Gasteiger partial charge in [-0.2, -0.15) is 10.4 Å². The van der Waals surface area contributed by atoms with Gasteiger partial charge in [-0.05, 0) is 37.6 Å². The molecule has 0 saturated heterocycles. The van der Waals surface area contributed by atoms with Crippen molar-refractivity contribution in [3.8, 4) is 17.3 Å². The van der Waals surface area contributed by atoms with E-state index in [-0.39, 0.29) is 11.6 Å². The van der Waals surface area contributed by atoms with Crippen molar-refractivity contribution in [3.05, 3.63) is 81.5 Å². The van der Waals surface area contributed by atoms with E-state index < -0.39 is 5.91 Å². The van der Waals surface area contributed by atoms with Crippen molar-refractivity contribution in [2.75, 3.05) is 0 Å². The number of hydrogen-bond donors (Lipinski definition) is 2. The number of benzene rings is 2. The van der Waals surface area contributed by atoms with E-state index >= 15 is 0 Å². The molecule has 0 aliphatic carbocycles. The van der Waals surface area contributed by atoms with Crippen molar-refractivity contribution in [1.29, 1.82) is 5.26 Å². The van der Waals surface area contributed by atoms with E-state index in [9.17, 15) is 10.1 Å². The second kappa shape index (κ2) is 8.68. The number of halogens is 1. The monoisotopic (exact) mass is 434 g/mol. The van der Waals surface area contributed by atoms with E-state index in [0.717, 1.165) is 26.9 Å². The van der Waals surface area contributed by atoms with Gasteiger partial charge in [0.05, 0.1) is 17.9 Å². The molecule has 1 atom stereocenters. The first-order valence-electron chi connectivity index (χ1n) is 8.76. The summed E-state index contributed by atoms with van der Waals surface area (Å²) in [5, 5.41) is 19.4. The van der Waals surface area contributed by atoms with Gasteiger partial charge in [0.1, 0.15) is 11.6 Å². The molecule has 3 rings (SSSR count). The van der Waals surface area contributed by atoms with Crippen LogP contribution in [0.1, 0.15) is 29.7 Å². The van der Waals surface area contributed by atoms with Crippen LogP contribution in [0.15, 0.2) is 64.8 Å². The second-order valence-corrected chi connectivity index (χ2v) is 7.40. The molecule has 28 heavy (non-hydrogen) atoms. The Bertz CT molecular complexity index is 1040. The number of nitriles is 1. The molecule has 1 unspecified atom stereocenters. The Morgan fingerprint density at radius 2 is 1.89 bits per heavy atom. The second-order valence-electron chi connectivity index (χ2n) is 6.48. The standard InChI is InChI=1S/C22H19BrN4O/c1-14-3-5-16(6-4-14)15(2)26-22(28)18(12-24)11-19-13-25-27-21(19)17-7-9-20(23)10-8-17/h3-11,13,15H,1-2H3,(H,25,27)(H,26,28)/b18-11+. The fraction of sp³-hybridized carbons (Fsp3) is 0.136. The zero-order chi connectivity index (χ0) is 20.1. The predicted octanol–water partition coefficient (Wildman–Crippen LogP) is 4.93. The van der Waals surface area contributed by atoms with Crippen molar-refractivity contribution < 1.29 is 4.79 Å². The van der Waals surface area contributed by atoms with Gasteiger partial charge in [-0.3, -0.25) is 9.89 Å². The van der Waals surface area contributed by atoms with E-state index in [1.165, 1.54) is 0 Å². The topological polar surface area (TPSA) is 81.6 Å². The molecule has 1 amide bonds. The van der Waals surface area contributed by atoms with Gasteiger partial charge in [0.2, 0.25) is 0 Å². The molecular weight excluding hydrogens is 416 g/mol. The molecule has 0 radical (unpaired) electrons. The largest absolute Gasteiger partial charge is 0.345 e. The Hall–Kier alpha value is -3.17. The minimum atomic E-state index is -0.418. The van der Waals surface area contributed by atoms with Crippen LogP contribution < -0.4 is 5.32 Å². The summed E-state index contributed by atoms with van der Waals surface area (Å²) in [6, 6.07) is 17.4. The fourth-order valence-corrected chi connectivity index (χ4v) is 3.03. The SMILES string of the molecule is Cc1ccc(C(C)NC(=O)/C(C#N)=C/c2cn[nH]c2-c2ccc(Br)cc2)cc1. The van der Waals surface area contributed by atoms with Crippen LogP contribution >= 0.6 is 15.9 Å². The number of carbonyl (C=O) groups excluding carboxylic acids is 1. The number of amides is 1. The van der Waals surface area contributed by atoms with E-state index in [1.54, 1.807) is 12.3 Å². The van der Waals surface area contributed by atoms with E-state index in [0.29, 0.717) is 5.56 Å². The number of nitrogens with one attached hydrogen (secondary N) is 2. The van der Waals surface area contributed by atoms with E-state index in [4.69, 9.17) is 0 Å². The lowest BCUT2D eigenvalue weighted by Gasteiger charge is -2.14. The first-order chi connectivity index (χ1) is 13.5. The number of rotatable bonds is 5. The Morgan fingerprint density at radius 3 is 2.54 bits per heavy atom. The van der Waals surface area contributed by atoms with Gasteiger partial charge in [-0.1, -0.05) is 57.9 Å². The van der Waals surface area contributed by atoms with Crippen LogP contribution in [0.3, 0.4) is 0 Å². The normalized spacial score (nSPS) is 12.3. The number of carbonyl (C=O) groups is 1. The highest BCUT2D eigenvalue weighted by Gasteiger charge is 2.15. The number of H-pyrrole nitrogens is 1. The third-order valence-electron chi connectivity index (χ3n) is 4.39. The van der Waals surface area contributed by atoms with Crippen LogP contribution in [0.2, 0.25) is 0 Å². The number of aryl methyl sites for hydroxylation is 1. The summed E-state index contributed by atoms with van der Waals surface area (Å²) in [4.78, 5) is 12.6. The maximum absolute atomic E-state index is 12.6. The van der Waals surface area contributed by atoms with Gasteiger partial charge in [0.25, 0.3) is 5.91 Å². The Labute approximate surface area is 172 Å². The molecule has 5 nitrogen and oxygen atoms in total. The van der Waals surface area contributed by atoms with Gasteiger partial charge in [0, 0.05) is 15.6 Å². The van der Waals surface area contributed by atoms with Crippen molar-refractivity contribution in [3.63, 3.8) is 0 Å². The molecule has 1 aromatic heterocycles. The summed E-state index contributed by atoms with van der Waals surface area (Å²) in [7, 11) is 0. The molecule has 0 aliphatic rings. The highest BCUT2D eigenvalue weighted by molar-refractivity contribution is 9.10. The van der Waals surface area contributed by atoms with Crippen molar-refractivity contribution in [2.24, 2.45) is 0 Å². The molecule has 0 aliphatic heterocycles. The molecule has 1 heterocycles. The van der Waals surface area contributed by atoms with Crippen LogP contribution in [0.25, 0.3) is 17.3 Å². The molecular formula is C22H19BrN4O. The highest BCUT2D eigenvalue weighted by atomic mass is 79.9. The average Bonchev–Trinajstić information content (AvgIpc) is 3.15. The summed E-state index contributed by atoms with van der Waals surface area (Å²) < 4.78 is 0.968. The third-order valence-corrected chi connectivity index (χ3v) is 4.92. The van der Waals surface area contributed by atoms with Crippen molar-refractivity contribution in [1.82, 2.24) is 15.5 Å². The summed E-state index contributed by atoms with van der Waals surface area (Å²) in [6.45, 7) is 3.90. The first-order valence-corrected chi connectivity index (χ1v) is 9.55. The number of aromatic amines is 1. The minimum absolute atomic E-state index is 0.0266. The van der Waals surface area contributed by atoms with E-state index in [2.05, 4.69) is 31.4 Å². The van der Waals surface area contributed by atoms with Crippen LogP contribution in [-0.4, -0.2) is 16.1 Å². The van der Waals surface area contributed by atoms with Crippen LogP contribution in [0.4, 0.5) is 0 Å². The van der Waals surface area contributed by atoms with Gasteiger partial charge < -0.3 is 5.32 Å². The van der Waals surface area contributed by atoms with Gasteiger partial charge in [-0.15, -0.1) is 0 Å². The lowest BCUT2D eigenvalue weighted by atomic mass is 10.0. The zero-order valence-corrected chi connectivity index (χ0v) is 17.1. The minimum Gasteiger partial charge on any atom is -0.345 e. The number of aromatic nitrogens is 2. The summed E-state index contributed by atoms with van der Waals surface area (Å²) >= 11 is 3.41. The Kier molecular flexibility index (Phi) is 6.07. The lowest BCUT2D eigenvalue weighted by Crippen LogP contribution is -2.27. The number of hydrogen-bond acceptors (Lipinski definition) is 3. The maximum Gasteiger partial charge on any atom is 0.262 e. The van der Waals surface area contributed by atoms with Gasteiger partial charge in [0.15, 0.2) is 0 Å². The van der Waals surface area contributed by atoms with Crippen LogP contribution in [0.5, 0.6) is 0 Å². The Morgan fingerprint density at radius 1 is 1.21 bits per heavy atom. The zero-order valence-electron chi connectivity index (χ0n) is 15.5. The van der Waals surface area contributed by atoms with Crippen molar-refractivity contribution in [2.45, 2.75) is 19.9 Å². The molecule has 0 saturated carbocycles. The summed E-state index contributed by atoms with van der Waals surface area (Å²) in [6.07, 6.45) is 3.16. The van der Waals surface area contributed by atoms with Crippen LogP contribution in [0, 0.1) is 18.3 Å². The van der Waals surface area contributed by atoms with Crippen molar-refractivity contribution >= 4 is 27.9 Å². The Balaban J connectivity index is 1.81. The molecule has 3 aromatic rings. The molecule has 140 valence electrons. The smallest absolute Gasteiger partial charge is 0.262 e. The van der Waals surface area contributed by atoms with Gasteiger partial charge in [-0.25, -0.2) is 0 Å². The molecule has 6 heteroatoms.